The van der Waals surface area contributed by atoms with Gasteiger partial charge in [-0.05, 0) is 35.9 Å². The van der Waals surface area contributed by atoms with Crippen molar-refractivity contribution in [1.29, 1.82) is 0 Å². The van der Waals surface area contributed by atoms with Gasteiger partial charge in [-0.25, -0.2) is 13.2 Å². The van der Waals surface area contributed by atoms with Crippen molar-refractivity contribution in [1.82, 2.24) is 10.2 Å². The van der Waals surface area contributed by atoms with Gasteiger partial charge in [0, 0.05) is 22.8 Å². The van der Waals surface area contributed by atoms with Crippen molar-refractivity contribution < 1.29 is 18.0 Å². The molecule has 0 aromatic heterocycles. The van der Waals surface area contributed by atoms with Crippen molar-refractivity contribution in [3.05, 3.63) is 57.5 Å². The number of amides is 1. The van der Waals surface area contributed by atoms with Crippen LogP contribution in [0.2, 0.25) is 0 Å². The first-order chi connectivity index (χ1) is 12.3. The largest absolute Gasteiger partial charge is 0.345 e. The number of carbonyl (C=O) groups excluding carboxylic acids is 1. The van der Waals surface area contributed by atoms with Crippen LogP contribution in [0.15, 0.2) is 45.5 Å². The lowest BCUT2D eigenvalue weighted by Gasteiger charge is -2.23. The maximum atomic E-state index is 14.3. The summed E-state index contributed by atoms with van der Waals surface area (Å²) < 4.78 is 40.8. The monoisotopic (exact) mass is 427 g/mol. The molecule has 1 aromatic carbocycles. The highest BCUT2D eigenvalue weighted by atomic mass is 79.9. The molecule has 2 aliphatic heterocycles. The quantitative estimate of drug-likeness (QED) is 0.781. The molecule has 1 aromatic rings. The Balaban J connectivity index is 1.83. The molecule has 0 fully saturated rings. The summed E-state index contributed by atoms with van der Waals surface area (Å²) in [7, 11) is 0. The molecule has 0 spiro atoms. The molecule has 1 amide bonds. The summed E-state index contributed by atoms with van der Waals surface area (Å²) in [6.45, 7) is 4.16. The number of rotatable bonds is 4. The first-order valence-corrected chi connectivity index (χ1v) is 8.88. The van der Waals surface area contributed by atoms with Gasteiger partial charge in [-0.1, -0.05) is 18.2 Å². The topological polar surface area (TPSA) is 44.7 Å². The molecule has 2 heterocycles. The number of hydrogen-bond acceptors (Lipinski definition) is 3. The maximum absolute atomic E-state index is 14.3. The smallest absolute Gasteiger partial charge is 0.266 e. The first-order valence-electron chi connectivity index (χ1n) is 8.09. The molecule has 4 nitrogen and oxygen atoms in total. The zero-order chi connectivity index (χ0) is 19.0. The Morgan fingerprint density at radius 2 is 2.08 bits per heavy atom. The summed E-state index contributed by atoms with van der Waals surface area (Å²) >= 11 is 3.37. The highest BCUT2D eigenvalue weighted by Crippen LogP contribution is 2.29. The number of amidine groups is 1. The van der Waals surface area contributed by atoms with E-state index in [2.05, 4.69) is 26.2 Å². The third-order valence-electron chi connectivity index (χ3n) is 4.23. The maximum Gasteiger partial charge on any atom is 0.266 e. The lowest BCUT2D eigenvalue weighted by Crippen LogP contribution is -2.36. The van der Waals surface area contributed by atoms with Crippen molar-refractivity contribution in [2.24, 2.45) is 4.99 Å². The van der Waals surface area contributed by atoms with Gasteiger partial charge in [0.1, 0.15) is 11.7 Å². The van der Waals surface area contributed by atoms with E-state index < -0.39 is 29.8 Å². The first kappa shape index (κ1) is 18.7. The normalized spacial score (nSPS) is 20.3. The van der Waals surface area contributed by atoms with Crippen molar-refractivity contribution in [2.75, 3.05) is 6.54 Å². The van der Waals surface area contributed by atoms with Gasteiger partial charge in [0.15, 0.2) is 0 Å². The van der Waals surface area contributed by atoms with Crippen LogP contribution in [0.3, 0.4) is 0 Å². The second-order valence-corrected chi connectivity index (χ2v) is 7.19. The lowest BCUT2D eigenvalue weighted by molar-refractivity contribution is -0.117. The van der Waals surface area contributed by atoms with Gasteiger partial charge in [0.25, 0.3) is 12.3 Å². The van der Waals surface area contributed by atoms with E-state index in [0.717, 1.165) is 6.07 Å². The number of allylic oxidation sites excluding steroid dienone is 2. The standard InChI is InChI=1S/C18H17BrF3N3O/c1-9-7-25-8-11(19)6-14(17(25)23-9)18(26)24-10(2)12-4-3-5-13(15(12)20)16(21)22/h3-6,8-10,16H,7H2,1-2H3,(H,24,26)/t9-,10-/m1/s1. The number of benzene rings is 1. The van der Waals surface area contributed by atoms with E-state index in [1.807, 2.05) is 18.0 Å². The second-order valence-electron chi connectivity index (χ2n) is 6.27. The predicted molar refractivity (Wildman–Crippen MR) is 96.6 cm³/mol. The molecule has 0 radical (unpaired) electrons. The van der Waals surface area contributed by atoms with E-state index in [0.29, 0.717) is 22.4 Å². The zero-order valence-electron chi connectivity index (χ0n) is 14.1. The summed E-state index contributed by atoms with van der Waals surface area (Å²) in [6, 6.07) is 3.05. The Bertz CT molecular complexity index is 835. The molecule has 0 unspecified atom stereocenters. The third-order valence-corrected chi connectivity index (χ3v) is 4.66. The highest BCUT2D eigenvalue weighted by Gasteiger charge is 2.31. The van der Waals surface area contributed by atoms with E-state index in [4.69, 9.17) is 0 Å². The Hall–Kier alpha value is -2.09. The summed E-state index contributed by atoms with van der Waals surface area (Å²) in [4.78, 5) is 19.0. The number of nitrogens with zero attached hydrogens (tertiary/aromatic N) is 2. The van der Waals surface area contributed by atoms with Crippen LogP contribution in [0, 0.1) is 5.82 Å². The predicted octanol–water partition coefficient (Wildman–Crippen LogP) is 4.22. The summed E-state index contributed by atoms with van der Waals surface area (Å²) in [5.74, 6) is -0.892. The number of carbonyl (C=O) groups is 1. The average Bonchev–Trinajstić information content (AvgIpc) is 2.93. The molecule has 26 heavy (non-hydrogen) atoms. The minimum absolute atomic E-state index is 0.0146. The number of aliphatic imine (C=N–C) groups is 1. The van der Waals surface area contributed by atoms with E-state index in [-0.39, 0.29) is 11.6 Å². The van der Waals surface area contributed by atoms with Crippen LogP contribution in [-0.4, -0.2) is 29.2 Å². The van der Waals surface area contributed by atoms with Crippen molar-refractivity contribution >= 4 is 27.7 Å². The third kappa shape index (κ3) is 3.56. The molecule has 1 N–H and O–H groups in total. The van der Waals surface area contributed by atoms with Crippen LogP contribution in [-0.2, 0) is 4.79 Å². The molecule has 0 saturated carbocycles. The second kappa shape index (κ2) is 7.26. The molecular formula is C18H17BrF3N3O. The Morgan fingerprint density at radius 1 is 1.38 bits per heavy atom. The molecule has 0 bridgehead atoms. The molecular weight excluding hydrogens is 411 g/mol. The van der Waals surface area contributed by atoms with Gasteiger partial charge in [0.05, 0.1) is 23.2 Å². The van der Waals surface area contributed by atoms with Gasteiger partial charge < -0.3 is 10.2 Å². The number of fused-ring (bicyclic) bond motifs is 1. The molecule has 138 valence electrons. The van der Waals surface area contributed by atoms with Crippen LogP contribution < -0.4 is 5.32 Å². The number of nitrogens with one attached hydrogen (secondary N) is 1. The number of hydrogen-bond donors (Lipinski definition) is 1. The fourth-order valence-corrected chi connectivity index (χ4v) is 3.49. The SMILES string of the molecule is C[C@@H]1CN2C=C(Br)C=C(C(=O)N[C@H](C)c3cccc(C(F)F)c3F)C2=N1. The highest BCUT2D eigenvalue weighted by molar-refractivity contribution is 9.11. The molecule has 3 rings (SSSR count). The molecule has 2 atom stereocenters. The van der Waals surface area contributed by atoms with Gasteiger partial charge in [-0.15, -0.1) is 0 Å². The lowest BCUT2D eigenvalue weighted by atomic mass is 10.0. The number of halogens is 4. The van der Waals surface area contributed by atoms with Crippen LogP contribution in [0.25, 0.3) is 0 Å². The van der Waals surface area contributed by atoms with Crippen molar-refractivity contribution in [3.63, 3.8) is 0 Å². The van der Waals surface area contributed by atoms with Crippen LogP contribution in [0.4, 0.5) is 13.2 Å². The van der Waals surface area contributed by atoms with E-state index in [9.17, 15) is 18.0 Å². The minimum atomic E-state index is -2.91. The van der Waals surface area contributed by atoms with Gasteiger partial charge >= 0.3 is 0 Å². The molecule has 0 aliphatic carbocycles. The Labute approximate surface area is 157 Å². The van der Waals surface area contributed by atoms with Gasteiger partial charge in [-0.2, -0.15) is 0 Å². The van der Waals surface area contributed by atoms with Gasteiger partial charge in [0.2, 0.25) is 0 Å². The Kier molecular flexibility index (Phi) is 5.22. The Morgan fingerprint density at radius 3 is 2.77 bits per heavy atom. The van der Waals surface area contributed by atoms with E-state index >= 15 is 0 Å². The average molecular weight is 428 g/mol. The summed E-state index contributed by atoms with van der Waals surface area (Å²) in [6.07, 6.45) is 0.568. The molecule has 2 aliphatic rings. The fraction of sp³-hybridized carbons (Fsp3) is 0.333. The van der Waals surface area contributed by atoms with Crippen molar-refractivity contribution in [3.8, 4) is 0 Å². The summed E-state index contributed by atoms with van der Waals surface area (Å²) in [5.41, 5.74) is -0.312. The van der Waals surface area contributed by atoms with Crippen LogP contribution >= 0.6 is 15.9 Å². The fourth-order valence-electron chi connectivity index (χ4n) is 3.01. The number of alkyl halides is 2. The summed E-state index contributed by atoms with van der Waals surface area (Å²) in [5, 5.41) is 2.67. The minimum Gasteiger partial charge on any atom is -0.345 e. The molecule has 0 saturated heterocycles. The van der Waals surface area contributed by atoms with Gasteiger partial charge in [-0.3, -0.25) is 9.79 Å². The van der Waals surface area contributed by atoms with Crippen molar-refractivity contribution in [2.45, 2.75) is 32.4 Å². The molecule has 8 heteroatoms. The van der Waals surface area contributed by atoms with E-state index in [1.54, 1.807) is 13.0 Å². The van der Waals surface area contributed by atoms with E-state index in [1.165, 1.54) is 12.1 Å². The van der Waals surface area contributed by atoms with Crippen LogP contribution in [0.5, 0.6) is 0 Å². The zero-order valence-corrected chi connectivity index (χ0v) is 15.7. The van der Waals surface area contributed by atoms with Crippen LogP contribution in [0.1, 0.15) is 37.4 Å².